The van der Waals surface area contributed by atoms with E-state index in [1.165, 1.54) is 6.20 Å². The number of hydrogen-bond acceptors (Lipinski definition) is 5. The Hall–Kier alpha value is -1.69. The van der Waals surface area contributed by atoms with E-state index in [0.717, 1.165) is 30.0 Å². The average molecular weight is 291 g/mol. The molecule has 0 aliphatic carbocycles. The van der Waals surface area contributed by atoms with E-state index >= 15 is 0 Å². The first-order valence-corrected chi connectivity index (χ1v) is 6.80. The molecule has 1 aromatic carbocycles. The lowest BCUT2D eigenvalue weighted by Gasteiger charge is -2.24. The first-order chi connectivity index (χ1) is 9.72. The van der Waals surface area contributed by atoms with Crippen molar-refractivity contribution in [3.05, 3.63) is 41.2 Å². The van der Waals surface area contributed by atoms with Gasteiger partial charge in [0.25, 0.3) is 0 Å². The number of aromatic nitrogens is 2. The molecule has 1 aliphatic rings. The van der Waals surface area contributed by atoms with Crippen LogP contribution in [0.3, 0.4) is 0 Å². The van der Waals surface area contributed by atoms with E-state index < -0.39 is 0 Å². The number of nitrogens with one attached hydrogen (secondary N) is 1. The maximum absolute atomic E-state index is 6.21. The molecule has 1 atom stereocenters. The van der Waals surface area contributed by atoms with Crippen LogP contribution < -0.4 is 11.1 Å². The average Bonchev–Trinajstić information content (AvgIpc) is 2.48. The summed E-state index contributed by atoms with van der Waals surface area (Å²) in [5, 5.41) is 4.08. The Morgan fingerprint density at radius 1 is 1.25 bits per heavy atom. The van der Waals surface area contributed by atoms with Crippen LogP contribution >= 0.6 is 11.6 Å². The molecule has 0 radical (unpaired) electrons. The number of hydrogen-bond donors (Lipinski definition) is 2. The molecule has 104 valence electrons. The summed E-state index contributed by atoms with van der Waals surface area (Å²) < 4.78 is 5.49. The molecule has 1 fully saturated rings. The monoisotopic (exact) mass is 290 g/mol. The molecule has 1 aromatic heterocycles. The van der Waals surface area contributed by atoms with E-state index in [9.17, 15) is 0 Å². The van der Waals surface area contributed by atoms with Crippen molar-refractivity contribution in [3.8, 4) is 11.3 Å². The number of morpholine rings is 1. The van der Waals surface area contributed by atoms with Gasteiger partial charge in [0.2, 0.25) is 0 Å². The molecule has 2 heterocycles. The highest BCUT2D eigenvalue weighted by atomic mass is 35.5. The Kier molecular flexibility index (Phi) is 3.82. The summed E-state index contributed by atoms with van der Waals surface area (Å²) in [7, 11) is 0. The maximum atomic E-state index is 6.21. The van der Waals surface area contributed by atoms with Crippen LogP contribution in [0.2, 0.25) is 5.02 Å². The number of nitrogens with two attached hydrogens (primary N) is 1. The van der Waals surface area contributed by atoms with E-state index in [1.54, 1.807) is 6.20 Å². The maximum Gasteiger partial charge on any atom is 0.141 e. The molecule has 2 aromatic rings. The number of anilines is 1. The second-order valence-corrected chi connectivity index (χ2v) is 5.12. The standard InChI is InChI=1S/C14H15ClN4O/c15-11-4-9(12-6-19-14(16)7-18-12)3-10(5-11)13-8-20-2-1-17-13/h3-7,13,17H,1-2,8H2,(H2,16,19). The van der Waals surface area contributed by atoms with Gasteiger partial charge in [0.1, 0.15) is 5.82 Å². The molecule has 0 saturated carbocycles. The fourth-order valence-electron chi connectivity index (χ4n) is 2.23. The number of nitrogen functional groups attached to an aromatic ring is 1. The summed E-state index contributed by atoms with van der Waals surface area (Å²) in [6.07, 6.45) is 3.19. The summed E-state index contributed by atoms with van der Waals surface area (Å²) in [6.45, 7) is 2.23. The summed E-state index contributed by atoms with van der Waals surface area (Å²) in [4.78, 5) is 8.34. The highest BCUT2D eigenvalue weighted by Crippen LogP contribution is 2.27. The molecule has 20 heavy (non-hydrogen) atoms. The third-order valence-electron chi connectivity index (χ3n) is 3.21. The van der Waals surface area contributed by atoms with Gasteiger partial charge in [-0.3, -0.25) is 4.98 Å². The van der Waals surface area contributed by atoms with E-state index in [-0.39, 0.29) is 6.04 Å². The highest BCUT2D eigenvalue weighted by molar-refractivity contribution is 6.31. The second-order valence-electron chi connectivity index (χ2n) is 4.68. The minimum absolute atomic E-state index is 0.156. The fourth-order valence-corrected chi connectivity index (χ4v) is 2.47. The molecular formula is C14H15ClN4O. The van der Waals surface area contributed by atoms with E-state index in [4.69, 9.17) is 22.1 Å². The van der Waals surface area contributed by atoms with Crippen molar-refractivity contribution >= 4 is 17.4 Å². The molecule has 0 spiro atoms. The zero-order valence-electron chi connectivity index (χ0n) is 10.8. The number of benzene rings is 1. The molecule has 1 aliphatic heterocycles. The van der Waals surface area contributed by atoms with Crippen molar-refractivity contribution in [3.63, 3.8) is 0 Å². The third kappa shape index (κ3) is 2.90. The van der Waals surface area contributed by atoms with E-state index in [0.29, 0.717) is 17.4 Å². The van der Waals surface area contributed by atoms with Crippen LogP contribution in [0.15, 0.2) is 30.6 Å². The molecular weight excluding hydrogens is 276 g/mol. The lowest BCUT2D eigenvalue weighted by molar-refractivity contribution is 0.0769. The van der Waals surface area contributed by atoms with Crippen LogP contribution in [0, 0.1) is 0 Å². The zero-order valence-corrected chi connectivity index (χ0v) is 11.6. The van der Waals surface area contributed by atoms with Crippen LogP contribution in [0.4, 0.5) is 5.82 Å². The lowest BCUT2D eigenvalue weighted by atomic mass is 10.0. The van der Waals surface area contributed by atoms with Gasteiger partial charge in [0.05, 0.1) is 37.3 Å². The van der Waals surface area contributed by atoms with Crippen molar-refractivity contribution in [1.29, 1.82) is 0 Å². The highest BCUT2D eigenvalue weighted by Gasteiger charge is 2.16. The quantitative estimate of drug-likeness (QED) is 0.885. The molecule has 6 heteroatoms. The normalized spacial score (nSPS) is 18.9. The second kappa shape index (κ2) is 5.75. The van der Waals surface area contributed by atoms with Crippen molar-refractivity contribution in [2.45, 2.75) is 6.04 Å². The Labute approximate surface area is 122 Å². The lowest BCUT2D eigenvalue weighted by Crippen LogP contribution is -2.34. The van der Waals surface area contributed by atoms with Crippen LogP contribution in [0.25, 0.3) is 11.3 Å². The molecule has 0 bridgehead atoms. The van der Waals surface area contributed by atoms with Gasteiger partial charge in [-0.2, -0.15) is 0 Å². The van der Waals surface area contributed by atoms with Gasteiger partial charge < -0.3 is 15.8 Å². The van der Waals surface area contributed by atoms with Gasteiger partial charge in [-0.25, -0.2) is 4.98 Å². The third-order valence-corrected chi connectivity index (χ3v) is 3.43. The van der Waals surface area contributed by atoms with Crippen molar-refractivity contribution in [2.24, 2.45) is 0 Å². The number of nitrogens with zero attached hydrogens (tertiary/aromatic N) is 2. The van der Waals surface area contributed by atoms with Crippen molar-refractivity contribution in [1.82, 2.24) is 15.3 Å². The van der Waals surface area contributed by atoms with E-state index in [2.05, 4.69) is 21.4 Å². The summed E-state index contributed by atoms with van der Waals surface area (Å²) in [5.41, 5.74) is 8.32. The van der Waals surface area contributed by atoms with Gasteiger partial charge in [0.15, 0.2) is 0 Å². The van der Waals surface area contributed by atoms with E-state index in [1.807, 2.05) is 12.1 Å². The fraction of sp³-hybridized carbons (Fsp3) is 0.286. The van der Waals surface area contributed by atoms with Crippen LogP contribution in [-0.4, -0.2) is 29.7 Å². The molecule has 1 unspecified atom stereocenters. The molecule has 3 rings (SSSR count). The predicted octanol–water partition coefficient (Wildman–Crippen LogP) is 2.04. The zero-order chi connectivity index (χ0) is 13.9. The molecule has 1 saturated heterocycles. The minimum atomic E-state index is 0.156. The molecule has 5 nitrogen and oxygen atoms in total. The number of ether oxygens (including phenoxy) is 1. The Morgan fingerprint density at radius 3 is 2.85 bits per heavy atom. The van der Waals surface area contributed by atoms with Crippen LogP contribution in [0.5, 0.6) is 0 Å². The minimum Gasteiger partial charge on any atom is -0.382 e. The topological polar surface area (TPSA) is 73.1 Å². The van der Waals surface area contributed by atoms with Crippen LogP contribution in [0.1, 0.15) is 11.6 Å². The molecule has 3 N–H and O–H groups in total. The summed E-state index contributed by atoms with van der Waals surface area (Å²) in [5.74, 6) is 0.401. The van der Waals surface area contributed by atoms with Gasteiger partial charge in [0, 0.05) is 17.1 Å². The van der Waals surface area contributed by atoms with Gasteiger partial charge >= 0.3 is 0 Å². The Bertz CT molecular complexity index is 597. The number of rotatable bonds is 2. The van der Waals surface area contributed by atoms with Gasteiger partial charge in [-0.15, -0.1) is 0 Å². The van der Waals surface area contributed by atoms with Gasteiger partial charge in [-0.1, -0.05) is 11.6 Å². The van der Waals surface area contributed by atoms with Gasteiger partial charge in [-0.05, 0) is 23.8 Å². The smallest absolute Gasteiger partial charge is 0.141 e. The van der Waals surface area contributed by atoms with Crippen LogP contribution in [-0.2, 0) is 4.74 Å². The van der Waals surface area contributed by atoms with Crippen molar-refractivity contribution < 1.29 is 4.74 Å². The first kappa shape index (κ1) is 13.3. The largest absolute Gasteiger partial charge is 0.382 e. The Balaban J connectivity index is 1.95. The van der Waals surface area contributed by atoms with Crippen molar-refractivity contribution in [2.75, 3.05) is 25.5 Å². The summed E-state index contributed by atoms with van der Waals surface area (Å²) in [6, 6.07) is 6.03. The molecule has 0 amide bonds. The first-order valence-electron chi connectivity index (χ1n) is 6.42. The predicted molar refractivity (Wildman–Crippen MR) is 78.5 cm³/mol. The summed E-state index contributed by atoms with van der Waals surface area (Å²) >= 11 is 6.21. The Morgan fingerprint density at radius 2 is 2.15 bits per heavy atom. The SMILES string of the molecule is Nc1cnc(-c2cc(Cl)cc(C3COCCN3)c2)cn1. The number of halogens is 1.